The maximum Gasteiger partial charge on any atom is 0.211 e. The first-order valence-electron chi connectivity index (χ1n) is 5.44. The van der Waals surface area contributed by atoms with Crippen molar-refractivity contribution in [2.45, 2.75) is 40.0 Å². The van der Waals surface area contributed by atoms with E-state index in [2.05, 4.69) is 25.5 Å². The van der Waals surface area contributed by atoms with Gasteiger partial charge in [-0.05, 0) is 31.2 Å². The van der Waals surface area contributed by atoms with Crippen LogP contribution in [0, 0.1) is 5.41 Å². The lowest BCUT2D eigenvalue weighted by molar-refractivity contribution is 0.378. The molecule has 5 heteroatoms. The van der Waals surface area contributed by atoms with E-state index in [-0.39, 0.29) is 11.2 Å². The number of unbranched alkanes of at least 4 members (excludes halogenated alkanes) is 1. The molecule has 0 aromatic heterocycles. The molecule has 4 nitrogen and oxygen atoms in total. The molecule has 0 saturated heterocycles. The van der Waals surface area contributed by atoms with Crippen LogP contribution < -0.4 is 10.5 Å². The van der Waals surface area contributed by atoms with Gasteiger partial charge in [-0.1, -0.05) is 20.8 Å². The minimum absolute atomic E-state index is 0.166. The summed E-state index contributed by atoms with van der Waals surface area (Å²) in [6, 6.07) is 0. The molecule has 15 heavy (non-hydrogen) atoms. The van der Waals surface area contributed by atoms with Crippen LogP contribution >= 0.6 is 0 Å². The molecule has 0 saturated carbocycles. The van der Waals surface area contributed by atoms with Crippen molar-refractivity contribution in [1.82, 2.24) is 4.72 Å². The van der Waals surface area contributed by atoms with Crippen molar-refractivity contribution >= 4 is 10.0 Å². The van der Waals surface area contributed by atoms with Gasteiger partial charge in [-0.3, -0.25) is 0 Å². The van der Waals surface area contributed by atoms with Gasteiger partial charge in [-0.25, -0.2) is 13.1 Å². The Labute approximate surface area is 93.7 Å². The number of sulfonamides is 1. The van der Waals surface area contributed by atoms with Gasteiger partial charge < -0.3 is 5.73 Å². The Balaban J connectivity index is 3.75. The second kappa shape index (κ2) is 6.45. The molecule has 0 aliphatic rings. The first-order chi connectivity index (χ1) is 6.77. The van der Waals surface area contributed by atoms with Crippen LogP contribution in [0.4, 0.5) is 0 Å². The molecular weight excluding hydrogens is 212 g/mol. The van der Waals surface area contributed by atoms with Gasteiger partial charge in [0.1, 0.15) is 0 Å². The molecule has 0 rings (SSSR count). The summed E-state index contributed by atoms with van der Waals surface area (Å²) in [4.78, 5) is 0. The van der Waals surface area contributed by atoms with E-state index in [1.165, 1.54) is 0 Å². The highest BCUT2D eigenvalue weighted by Crippen LogP contribution is 2.17. The largest absolute Gasteiger partial charge is 0.330 e. The minimum atomic E-state index is -3.08. The molecule has 0 aliphatic carbocycles. The Morgan fingerprint density at radius 3 is 2.27 bits per heavy atom. The molecule has 0 aromatic carbocycles. The van der Waals surface area contributed by atoms with E-state index >= 15 is 0 Å². The standard InChI is InChI=1S/C10H24N2O2S/c1-10(2,3)6-8-12-15(13,14)9-5-4-7-11/h12H,4-9,11H2,1-3H3. The highest BCUT2D eigenvalue weighted by molar-refractivity contribution is 7.89. The van der Waals surface area contributed by atoms with Crippen molar-refractivity contribution in [3.8, 4) is 0 Å². The highest BCUT2D eigenvalue weighted by atomic mass is 32.2. The van der Waals surface area contributed by atoms with Gasteiger partial charge in [0.2, 0.25) is 10.0 Å². The Morgan fingerprint density at radius 1 is 1.20 bits per heavy atom. The summed E-state index contributed by atoms with van der Waals surface area (Å²) in [5.41, 5.74) is 5.47. The Hall–Kier alpha value is -0.130. The molecule has 0 aliphatic heterocycles. The molecule has 0 aromatic rings. The maximum absolute atomic E-state index is 11.4. The van der Waals surface area contributed by atoms with Crippen LogP contribution in [-0.2, 0) is 10.0 Å². The van der Waals surface area contributed by atoms with Gasteiger partial charge in [0.25, 0.3) is 0 Å². The fraction of sp³-hybridized carbons (Fsp3) is 1.00. The average Bonchev–Trinajstić information content (AvgIpc) is 2.01. The van der Waals surface area contributed by atoms with E-state index in [4.69, 9.17) is 5.73 Å². The van der Waals surface area contributed by atoms with Gasteiger partial charge in [0.05, 0.1) is 5.75 Å². The van der Waals surface area contributed by atoms with Crippen LogP contribution in [0.2, 0.25) is 0 Å². The van der Waals surface area contributed by atoms with Crippen molar-refractivity contribution < 1.29 is 8.42 Å². The zero-order valence-corrected chi connectivity index (χ0v) is 10.9. The molecule has 0 heterocycles. The SMILES string of the molecule is CC(C)(C)CCNS(=O)(=O)CCCCN. The monoisotopic (exact) mass is 236 g/mol. The summed E-state index contributed by atoms with van der Waals surface area (Å²) in [6.45, 7) is 7.35. The molecule has 0 fully saturated rings. The lowest BCUT2D eigenvalue weighted by Crippen LogP contribution is -2.29. The van der Waals surface area contributed by atoms with Gasteiger partial charge in [-0.15, -0.1) is 0 Å². The zero-order chi connectivity index (χ0) is 11.9. The zero-order valence-electron chi connectivity index (χ0n) is 10.0. The molecule has 3 N–H and O–H groups in total. The third-order valence-electron chi connectivity index (χ3n) is 2.06. The summed E-state index contributed by atoms with van der Waals surface area (Å²) >= 11 is 0. The lowest BCUT2D eigenvalue weighted by Gasteiger charge is -2.17. The van der Waals surface area contributed by atoms with Crippen molar-refractivity contribution in [3.05, 3.63) is 0 Å². The first-order valence-corrected chi connectivity index (χ1v) is 7.09. The van der Waals surface area contributed by atoms with Crippen LogP contribution in [0.1, 0.15) is 40.0 Å². The normalized spacial score (nSPS) is 13.1. The average molecular weight is 236 g/mol. The van der Waals surface area contributed by atoms with Crippen molar-refractivity contribution in [2.75, 3.05) is 18.8 Å². The highest BCUT2D eigenvalue weighted by Gasteiger charge is 2.13. The Bertz CT molecular complexity index is 255. The molecule has 0 radical (unpaired) electrons. The summed E-state index contributed by atoms with van der Waals surface area (Å²) in [5, 5.41) is 0. The predicted octanol–water partition coefficient (Wildman–Crippen LogP) is 1.08. The van der Waals surface area contributed by atoms with Crippen molar-refractivity contribution in [2.24, 2.45) is 11.1 Å². The van der Waals surface area contributed by atoms with Crippen LogP contribution in [0.5, 0.6) is 0 Å². The first kappa shape index (κ1) is 14.9. The number of hydrogen-bond acceptors (Lipinski definition) is 3. The molecule has 92 valence electrons. The van der Waals surface area contributed by atoms with E-state index in [0.29, 0.717) is 19.5 Å². The summed E-state index contributed by atoms with van der Waals surface area (Å²) in [7, 11) is -3.08. The quantitative estimate of drug-likeness (QED) is 0.650. The smallest absolute Gasteiger partial charge is 0.211 e. The molecule has 0 unspecified atom stereocenters. The van der Waals surface area contributed by atoms with Crippen LogP contribution in [0.15, 0.2) is 0 Å². The Kier molecular flexibility index (Phi) is 6.40. The maximum atomic E-state index is 11.4. The van der Waals surface area contributed by atoms with Crippen LogP contribution in [-0.4, -0.2) is 27.3 Å². The number of hydrogen-bond donors (Lipinski definition) is 2. The van der Waals surface area contributed by atoms with E-state index in [0.717, 1.165) is 12.8 Å². The number of nitrogens with two attached hydrogens (primary N) is 1. The lowest BCUT2D eigenvalue weighted by atomic mass is 9.93. The number of rotatable bonds is 7. The summed E-state index contributed by atoms with van der Waals surface area (Å²) in [5.74, 6) is 0.189. The minimum Gasteiger partial charge on any atom is -0.330 e. The van der Waals surface area contributed by atoms with Crippen LogP contribution in [0.3, 0.4) is 0 Å². The topological polar surface area (TPSA) is 72.2 Å². The van der Waals surface area contributed by atoms with Crippen molar-refractivity contribution in [3.63, 3.8) is 0 Å². The molecule has 0 spiro atoms. The molecule has 0 atom stereocenters. The van der Waals surface area contributed by atoms with Gasteiger partial charge in [-0.2, -0.15) is 0 Å². The Morgan fingerprint density at radius 2 is 1.80 bits per heavy atom. The van der Waals surface area contributed by atoms with Crippen molar-refractivity contribution in [1.29, 1.82) is 0 Å². The molecular formula is C10H24N2O2S. The second-order valence-corrected chi connectivity index (χ2v) is 6.95. The third-order valence-corrected chi connectivity index (χ3v) is 3.53. The second-order valence-electron chi connectivity index (χ2n) is 5.02. The van der Waals surface area contributed by atoms with Gasteiger partial charge >= 0.3 is 0 Å². The number of nitrogens with one attached hydrogen (secondary N) is 1. The molecule has 0 amide bonds. The predicted molar refractivity (Wildman–Crippen MR) is 64.1 cm³/mol. The summed E-state index contributed by atoms with van der Waals surface area (Å²) < 4.78 is 25.5. The van der Waals surface area contributed by atoms with E-state index in [1.54, 1.807) is 0 Å². The molecule has 0 bridgehead atoms. The fourth-order valence-corrected chi connectivity index (χ4v) is 2.23. The van der Waals surface area contributed by atoms with E-state index in [1.807, 2.05) is 0 Å². The summed E-state index contributed by atoms with van der Waals surface area (Å²) in [6.07, 6.45) is 2.25. The van der Waals surface area contributed by atoms with E-state index in [9.17, 15) is 8.42 Å². The van der Waals surface area contributed by atoms with Crippen LogP contribution in [0.25, 0.3) is 0 Å². The van der Waals surface area contributed by atoms with E-state index < -0.39 is 10.0 Å². The van der Waals surface area contributed by atoms with Gasteiger partial charge in [0, 0.05) is 6.54 Å². The fourth-order valence-electron chi connectivity index (χ4n) is 1.09. The third kappa shape index (κ3) is 10.2. The van der Waals surface area contributed by atoms with Gasteiger partial charge in [0.15, 0.2) is 0 Å².